The summed E-state index contributed by atoms with van der Waals surface area (Å²) in [5.41, 5.74) is 9.55. The molecule has 0 heterocycles. The van der Waals surface area contributed by atoms with Crippen LogP contribution in [0.3, 0.4) is 0 Å². The smallest absolute Gasteiger partial charge is 0.312 e. The van der Waals surface area contributed by atoms with Crippen LogP contribution in [-0.2, 0) is 9.59 Å². The number of benzene rings is 1. The molecule has 9 heteroatoms. The number of hydrazine groups is 1. The third-order valence-corrected chi connectivity index (χ3v) is 3.78. The van der Waals surface area contributed by atoms with Crippen molar-refractivity contribution in [2.24, 2.45) is 11.7 Å². The summed E-state index contributed by atoms with van der Waals surface area (Å²) in [7, 11) is 0. The average Bonchev–Trinajstić information content (AvgIpc) is 2.54. The van der Waals surface area contributed by atoms with E-state index in [2.05, 4.69) is 32.1 Å². The summed E-state index contributed by atoms with van der Waals surface area (Å²) in [6.45, 7) is 3.39. The standard InChI is InChI=1S/C15H21BrN4O4/c1-3-9(2)13(18-15(17)23)14(22)20-19-12(21)8-24-11-6-4-5-10(16)7-11/h4-7,9,13H,3,8H2,1-2H3,(H,19,21)(H,20,22)(H3,17,18,23). The van der Waals surface area contributed by atoms with Crippen LogP contribution in [0.2, 0.25) is 0 Å². The van der Waals surface area contributed by atoms with Crippen molar-refractivity contribution in [3.05, 3.63) is 28.7 Å². The molecule has 1 aromatic rings. The van der Waals surface area contributed by atoms with Gasteiger partial charge in [0, 0.05) is 4.47 Å². The molecule has 0 aliphatic carbocycles. The van der Waals surface area contributed by atoms with Gasteiger partial charge in [-0.3, -0.25) is 20.4 Å². The van der Waals surface area contributed by atoms with Gasteiger partial charge in [-0.15, -0.1) is 0 Å². The quantitative estimate of drug-likeness (QED) is 0.510. The largest absolute Gasteiger partial charge is 0.484 e. The van der Waals surface area contributed by atoms with Gasteiger partial charge in [-0.05, 0) is 24.1 Å². The predicted molar refractivity (Wildman–Crippen MR) is 91.9 cm³/mol. The number of carbonyl (C=O) groups is 3. The second-order valence-corrected chi connectivity index (χ2v) is 6.07. The van der Waals surface area contributed by atoms with Crippen molar-refractivity contribution in [1.29, 1.82) is 0 Å². The lowest BCUT2D eigenvalue weighted by Crippen LogP contribution is -2.56. The summed E-state index contributed by atoms with van der Waals surface area (Å²) < 4.78 is 6.11. The van der Waals surface area contributed by atoms with Crippen molar-refractivity contribution in [3.8, 4) is 5.75 Å². The minimum atomic E-state index is -0.834. The van der Waals surface area contributed by atoms with Gasteiger partial charge in [0.25, 0.3) is 11.8 Å². The number of ether oxygens (including phenoxy) is 1. The van der Waals surface area contributed by atoms with Crippen molar-refractivity contribution in [2.45, 2.75) is 26.3 Å². The summed E-state index contributed by atoms with van der Waals surface area (Å²) in [5.74, 6) is -0.727. The van der Waals surface area contributed by atoms with Crippen LogP contribution in [0.15, 0.2) is 28.7 Å². The molecule has 4 amide bonds. The first-order valence-electron chi connectivity index (χ1n) is 7.36. The first-order valence-corrected chi connectivity index (χ1v) is 8.15. The van der Waals surface area contributed by atoms with Gasteiger partial charge in [0.2, 0.25) is 0 Å². The Bertz CT molecular complexity index is 597. The monoisotopic (exact) mass is 400 g/mol. The van der Waals surface area contributed by atoms with Crippen LogP contribution in [0.1, 0.15) is 20.3 Å². The van der Waals surface area contributed by atoms with Crippen LogP contribution in [0.4, 0.5) is 4.79 Å². The highest BCUT2D eigenvalue weighted by molar-refractivity contribution is 9.10. The number of nitrogens with one attached hydrogen (secondary N) is 3. The van der Waals surface area contributed by atoms with Crippen LogP contribution < -0.4 is 26.6 Å². The number of halogens is 1. The molecule has 132 valence electrons. The lowest BCUT2D eigenvalue weighted by molar-refractivity contribution is -0.131. The van der Waals surface area contributed by atoms with E-state index >= 15 is 0 Å². The molecule has 0 saturated heterocycles. The maximum Gasteiger partial charge on any atom is 0.312 e. The van der Waals surface area contributed by atoms with Crippen molar-refractivity contribution in [1.82, 2.24) is 16.2 Å². The zero-order valence-corrected chi connectivity index (χ0v) is 15.1. The molecule has 0 radical (unpaired) electrons. The van der Waals surface area contributed by atoms with Crippen molar-refractivity contribution in [2.75, 3.05) is 6.61 Å². The first-order chi connectivity index (χ1) is 11.3. The molecular weight excluding hydrogens is 380 g/mol. The van der Waals surface area contributed by atoms with Crippen molar-refractivity contribution < 1.29 is 19.1 Å². The van der Waals surface area contributed by atoms with Crippen LogP contribution >= 0.6 is 15.9 Å². The van der Waals surface area contributed by atoms with Crippen LogP contribution in [0, 0.1) is 5.92 Å². The number of nitrogens with two attached hydrogens (primary N) is 1. The third-order valence-electron chi connectivity index (χ3n) is 3.28. The number of hydrogen-bond acceptors (Lipinski definition) is 4. The Morgan fingerprint density at radius 1 is 1.29 bits per heavy atom. The third kappa shape index (κ3) is 6.86. The number of urea groups is 1. The summed E-state index contributed by atoms with van der Waals surface area (Å²) >= 11 is 3.29. The highest BCUT2D eigenvalue weighted by Crippen LogP contribution is 2.17. The fourth-order valence-corrected chi connectivity index (χ4v) is 2.18. The van der Waals surface area contributed by atoms with Crippen LogP contribution in [0.25, 0.3) is 0 Å². The molecule has 0 aliphatic rings. The SMILES string of the molecule is CCC(C)C(NC(N)=O)C(=O)NNC(=O)COc1cccc(Br)c1. The zero-order chi connectivity index (χ0) is 18.1. The molecule has 0 saturated carbocycles. The predicted octanol–water partition coefficient (Wildman–Crippen LogP) is 1.06. The van der Waals surface area contributed by atoms with Gasteiger partial charge in [-0.2, -0.15) is 0 Å². The highest BCUT2D eigenvalue weighted by atomic mass is 79.9. The number of primary amides is 1. The normalized spacial score (nSPS) is 12.6. The van der Waals surface area contributed by atoms with Gasteiger partial charge in [0.1, 0.15) is 11.8 Å². The van der Waals surface area contributed by atoms with E-state index in [1.165, 1.54) is 0 Å². The Kier molecular flexibility index (Phi) is 8.03. The lowest BCUT2D eigenvalue weighted by atomic mass is 9.99. The van der Waals surface area contributed by atoms with E-state index in [9.17, 15) is 14.4 Å². The Hall–Kier alpha value is -2.29. The average molecular weight is 401 g/mol. The fraction of sp³-hybridized carbons (Fsp3) is 0.400. The fourth-order valence-electron chi connectivity index (χ4n) is 1.81. The first kappa shape index (κ1) is 19.8. The summed E-state index contributed by atoms with van der Waals surface area (Å²) in [6, 6.07) is 5.37. The second kappa shape index (κ2) is 9.76. The molecule has 0 aliphatic heterocycles. The molecule has 1 rings (SSSR count). The van der Waals surface area contributed by atoms with Crippen molar-refractivity contribution >= 4 is 33.8 Å². The van der Waals surface area contributed by atoms with E-state index in [0.29, 0.717) is 12.2 Å². The van der Waals surface area contributed by atoms with Gasteiger partial charge in [0.05, 0.1) is 0 Å². The Morgan fingerprint density at radius 2 is 2.00 bits per heavy atom. The molecule has 24 heavy (non-hydrogen) atoms. The van der Waals surface area contributed by atoms with E-state index in [0.717, 1.165) is 4.47 Å². The highest BCUT2D eigenvalue weighted by Gasteiger charge is 2.25. The van der Waals surface area contributed by atoms with E-state index in [1.807, 2.05) is 13.0 Å². The minimum Gasteiger partial charge on any atom is -0.484 e. The van der Waals surface area contributed by atoms with Gasteiger partial charge in [0.15, 0.2) is 6.61 Å². The topological polar surface area (TPSA) is 123 Å². The number of carbonyl (C=O) groups excluding carboxylic acids is 3. The van der Waals surface area contributed by atoms with Gasteiger partial charge >= 0.3 is 6.03 Å². The molecule has 2 unspecified atom stereocenters. The molecule has 0 bridgehead atoms. The van der Waals surface area contributed by atoms with Crippen molar-refractivity contribution in [3.63, 3.8) is 0 Å². The Labute approximate surface area is 148 Å². The van der Waals surface area contributed by atoms with E-state index < -0.39 is 23.9 Å². The molecule has 0 spiro atoms. The molecule has 1 aromatic carbocycles. The second-order valence-electron chi connectivity index (χ2n) is 5.16. The molecule has 0 fully saturated rings. The Balaban J connectivity index is 2.46. The van der Waals surface area contributed by atoms with Crippen LogP contribution in [-0.4, -0.2) is 30.5 Å². The maximum atomic E-state index is 12.1. The van der Waals surface area contributed by atoms with Gasteiger partial charge < -0.3 is 15.8 Å². The zero-order valence-electron chi connectivity index (χ0n) is 13.5. The lowest BCUT2D eigenvalue weighted by Gasteiger charge is -2.22. The Morgan fingerprint density at radius 3 is 2.58 bits per heavy atom. The summed E-state index contributed by atoms with van der Waals surface area (Å²) in [6.07, 6.45) is 0.651. The van der Waals surface area contributed by atoms with Crippen LogP contribution in [0.5, 0.6) is 5.75 Å². The molecule has 0 aromatic heterocycles. The number of rotatable bonds is 7. The van der Waals surface area contributed by atoms with Gasteiger partial charge in [-0.25, -0.2) is 4.79 Å². The molecule has 5 N–H and O–H groups in total. The summed E-state index contributed by atoms with van der Waals surface area (Å²) in [4.78, 5) is 34.8. The molecular formula is C15H21BrN4O4. The molecule has 2 atom stereocenters. The number of amides is 4. The maximum absolute atomic E-state index is 12.1. The number of hydrogen-bond donors (Lipinski definition) is 4. The van der Waals surface area contributed by atoms with Gasteiger partial charge in [-0.1, -0.05) is 42.3 Å². The van der Waals surface area contributed by atoms with E-state index in [1.54, 1.807) is 25.1 Å². The minimum absolute atomic E-state index is 0.146. The molecule has 8 nitrogen and oxygen atoms in total. The van der Waals surface area contributed by atoms with E-state index in [4.69, 9.17) is 10.5 Å². The summed E-state index contributed by atoms with van der Waals surface area (Å²) in [5, 5.41) is 2.36. The van der Waals surface area contributed by atoms with E-state index in [-0.39, 0.29) is 12.5 Å².